The van der Waals surface area contributed by atoms with Crippen LogP contribution < -0.4 is 9.64 Å². The minimum absolute atomic E-state index is 0. The van der Waals surface area contributed by atoms with E-state index in [0.717, 1.165) is 63.2 Å². The minimum Gasteiger partial charge on any atom is -0.507 e. The number of hydrogen-bond acceptors (Lipinski definition) is 3. The van der Waals surface area contributed by atoms with E-state index in [4.69, 9.17) is 4.74 Å². The maximum absolute atomic E-state index is 11.3. The van der Waals surface area contributed by atoms with E-state index in [0.29, 0.717) is 18.4 Å². The van der Waals surface area contributed by atoms with Gasteiger partial charge in [-0.2, -0.15) is 73.9 Å². The van der Waals surface area contributed by atoms with Crippen LogP contribution >= 0.6 is 0 Å². The second kappa shape index (κ2) is 25.9. The summed E-state index contributed by atoms with van der Waals surface area (Å²) in [6.07, 6.45) is 0.892. The van der Waals surface area contributed by atoms with Gasteiger partial charge in [-0.1, -0.05) is 124 Å². The van der Waals surface area contributed by atoms with Crippen molar-refractivity contribution in [3.63, 3.8) is 0 Å². The van der Waals surface area contributed by atoms with Crippen molar-refractivity contribution in [1.82, 2.24) is 0 Å². The first-order chi connectivity index (χ1) is 28.8. The number of aryl methyl sites for hydroxylation is 2. The van der Waals surface area contributed by atoms with E-state index in [1.807, 2.05) is 146 Å². The first-order valence-electron chi connectivity index (χ1n) is 20.9. The van der Waals surface area contributed by atoms with Crippen LogP contribution in [0.3, 0.4) is 0 Å². The van der Waals surface area contributed by atoms with Crippen molar-refractivity contribution in [3.05, 3.63) is 230 Å². The summed E-state index contributed by atoms with van der Waals surface area (Å²) in [5.41, 5.74) is 13.4. The van der Waals surface area contributed by atoms with Gasteiger partial charge < -0.3 is 14.7 Å². The van der Waals surface area contributed by atoms with E-state index in [2.05, 4.69) is 98.5 Å². The number of para-hydroxylation sites is 1. The molecule has 0 radical (unpaired) electrons. The fourth-order valence-corrected chi connectivity index (χ4v) is 6.78. The Bertz CT molecular complexity index is 2170. The van der Waals surface area contributed by atoms with E-state index in [1.54, 1.807) is 0 Å². The molecule has 7 rings (SSSR count). The Hall–Kier alpha value is -5.57. The largest absolute Gasteiger partial charge is 4.00 e. The van der Waals surface area contributed by atoms with Gasteiger partial charge in [-0.3, -0.25) is 0 Å². The Labute approximate surface area is 387 Å². The molecule has 0 aliphatic rings. The molecule has 7 aromatic rings. The zero-order chi connectivity index (χ0) is 43.4. The van der Waals surface area contributed by atoms with Crippen molar-refractivity contribution in [2.75, 3.05) is 25.1 Å². The third kappa shape index (κ3) is 16.1. The molecule has 0 aliphatic carbocycles. The van der Waals surface area contributed by atoms with Gasteiger partial charge >= 0.3 is 26.2 Å². The Morgan fingerprint density at radius 1 is 0.525 bits per heavy atom. The maximum atomic E-state index is 11.3. The minimum atomic E-state index is 0. The van der Waals surface area contributed by atoms with Crippen LogP contribution in [0.5, 0.6) is 11.5 Å². The summed E-state index contributed by atoms with van der Waals surface area (Å²) in [6.45, 7) is 26.0. The molecule has 0 amide bonds. The second-order valence-corrected chi connectivity index (χ2v) is 15.7. The van der Waals surface area contributed by atoms with Crippen LogP contribution in [-0.4, -0.2) is 25.3 Å². The van der Waals surface area contributed by atoms with Crippen molar-refractivity contribution in [2.45, 2.75) is 59.8 Å². The SMILES string of the molecule is Cc1ccc(OCCCN(C)c2c(C(C)C)cc(C)cc2C(C)C)c(-c2cccc(-c3ccccc3)c2O)c1.[CH2-]c1ccccc1.[CH2-]c1ccccc1.[CH2-]c1ccccc1.[Zr+4]. The molecule has 7 aromatic carbocycles. The van der Waals surface area contributed by atoms with Crippen LogP contribution in [0.4, 0.5) is 5.69 Å². The predicted molar refractivity (Wildman–Crippen MR) is 259 cm³/mol. The van der Waals surface area contributed by atoms with Crippen molar-refractivity contribution < 1.29 is 36.0 Å². The number of anilines is 1. The van der Waals surface area contributed by atoms with Crippen LogP contribution in [0.2, 0.25) is 0 Å². The number of benzene rings is 7. The van der Waals surface area contributed by atoms with Gasteiger partial charge in [-0.25, -0.2) is 0 Å². The first kappa shape index (κ1) is 49.8. The van der Waals surface area contributed by atoms with Crippen LogP contribution in [0.25, 0.3) is 22.3 Å². The van der Waals surface area contributed by atoms with E-state index < -0.39 is 0 Å². The molecular formula is C57H64NO2Zr+. The van der Waals surface area contributed by atoms with E-state index in [-0.39, 0.29) is 32.0 Å². The standard InChI is InChI=1S/C36H43NO2.3C7H7.Zr/c1-24(2)31-22-27(6)23-32(25(3)4)35(31)37(7)19-12-20-39-34-18-17-26(5)21-33(34)30-16-11-15-29(36(30)38)28-13-9-8-10-14-28;3*1-7-5-3-2-4-6-7;/h8-11,13-18,21-25,38H,12,19-20H2,1-7H3;3*2-6H,1H2;/q;3*-1;+4. The molecule has 0 heterocycles. The molecule has 0 unspecified atom stereocenters. The second-order valence-electron chi connectivity index (χ2n) is 15.7. The molecule has 4 heteroatoms. The molecule has 0 atom stereocenters. The molecule has 0 aromatic heterocycles. The third-order valence-electron chi connectivity index (χ3n) is 9.91. The molecule has 3 nitrogen and oxygen atoms in total. The zero-order valence-corrected chi connectivity index (χ0v) is 39.8. The van der Waals surface area contributed by atoms with Gasteiger partial charge in [-0.05, 0) is 60.9 Å². The van der Waals surface area contributed by atoms with Crippen molar-refractivity contribution in [2.24, 2.45) is 0 Å². The molecule has 1 N–H and O–H groups in total. The summed E-state index contributed by atoms with van der Waals surface area (Å²) < 4.78 is 6.37. The summed E-state index contributed by atoms with van der Waals surface area (Å²) >= 11 is 0. The maximum Gasteiger partial charge on any atom is 4.00 e. The van der Waals surface area contributed by atoms with Crippen LogP contribution in [0, 0.1) is 34.6 Å². The number of hydrogen-bond donors (Lipinski definition) is 1. The van der Waals surface area contributed by atoms with Crippen molar-refractivity contribution >= 4 is 5.69 Å². The topological polar surface area (TPSA) is 32.7 Å². The molecule has 0 saturated carbocycles. The monoisotopic (exact) mass is 884 g/mol. The molecule has 0 spiro atoms. The van der Waals surface area contributed by atoms with Gasteiger partial charge in [0, 0.05) is 36.0 Å². The molecule has 0 aliphatic heterocycles. The number of ether oxygens (including phenoxy) is 1. The van der Waals surface area contributed by atoms with Gasteiger partial charge in [0.15, 0.2) is 0 Å². The molecule has 312 valence electrons. The van der Waals surface area contributed by atoms with Gasteiger partial charge in [0.05, 0.1) is 6.61 Å². The molecule has 0 saturated heterocycles. The number of aromatic hydroxyl groups is 1. The number of phenols is 1. The average Bonchev–Trinajstić information content (AvgIpc) is 3.24. The normalized spacial score (nSPS) is 10.2. The Morgan fingerprint density at radius 2 is 0.967 bits per heavy atom. The Balaban J connectivity index is 0.000000362. The molecule has 0 fully saturated rings. The fraction of sp³-hybridized carbons (Fsp3) is 0.211. The fourth-order valence-electron chi connectivity index (χ4n) is 6.78. The summed E-state index contributed by atoms with van der Waals surface area (Å²) in [5, 5.41) is 11.3. The summed E-state index contributed by atoms with van der Waals surface area (Å²) in [5.74, 6) is 2.00. The van der Waals surface area contributed by atoms with Gasteiger partial charge in [0.25, 0.3) is 0 Å². The van der Waals surface area contributed by atoms with Gasteiger partial charge in [0.1, 0.15) is 11.5 Å². The third-order valence-corrected chi connectivity index (χ3v) is 9.91. The molecule has 61 heavy (non-hydrogen) atoms. The van der Waals surface area contributed by atoms with Crippen LogP contribution in [0.15, 0.2) is 170 Å². The van der Waals surface area contributed by atoms with E-state index in [1.165, 1.54) is 22.4 Å². The van der Waals surface area contributed by atoms with E-state index >= 15 is 0 Å². The average molecular weight is 886 g/mol. The predicted octanol–water partition coefficient (Wildman–Crippen LogP) is 15.1. The van der Waals surface area contributed by atoms with Crippen molar-refractivity contribution in [1.29, 1.82) is 0 Å². The van der Waals surface area contributed by atoms with E-state index in [9.17, 15) is 5.11 Å². The van der Waals surface area contributed by atoms with Crippen LogP contribution in [-0.2, 0) is 26.2 Å². The molecule has 0 bridgehead atoms. The van der Waals surface area contributed by atoms with Gasteiger partial charge in [-0.15, -0.1) is 36.4 Å². The number of nitrogens with zero attached hydrogens (tertiary/aromatic N) is 1. The van der Waals surface area contributed by atoms with Crippen LogP contribution in [0.1, 0.15) is 84.9 Å². The number of rotatable bonds is 10. The van der Waals surface area contributed by atoms with Gasteiger partial charge in [0.2, 0.25) is 0 Å². The summed E-state index contributed by atoms with van der Waals surface area (Å²) in [7, 11) is 2.20. The first-order valence-corrected chi connectivity index (χ1v) is 20.9. The zero-order valence-electron chi connectivity index (χ0n) is 37.4. The Kier molecular flexibility index (Phi) is 21.2. The smallest absolute Gasteiger partial charge is 0.507 e. The summed E-state index contributed by atoms with van der Waals surface area (Å²) in [6, 6.07) is 56.4. The molecular weight excluding hydrogens is 822 g/mol. The summed E-state index contributed by atoms with van der Waals surface area (Å²) in [4.78, 5) is 2.40. The quantitative estimate of drug-likeness (QED) is 0.110. The number of phenolic OH excluding ortho intramolecular Hbond substituents is 1. The Morgan fingerprint density at radius 3 is 1.39 bits per heavy atom. The van der Waals surface area contributed by atoms with Crippen molar-refractivity contribution in [3.8, 4) is 33.8 Å².